The summed E-state index contributed by atoms with van der Waals surface area (Å²) >= 11 is 0. The zero-order chi connectivity index (χ0) is 16.5. The van der Waals surface area contributed by atoms with E-state index in [0.717, 1.165) is 22.8 Å². The molecular weight excluding hydrogens is 486 g/mol. The maximum Gasteiger partial charge on any atom is 2.00 e. The molecule has 0 aliphatic carbocycles. The molecule has 4 rings (SSSR count). The molecular formula is C20H16N4Os+2. The quantitative estimate of drug-likeness (QED) is 0.411. The van der Waals surface area contributed by atoms with E-state index >= 15 is 0 Å². The fourth-order valence-corrected chi connectivity index (χ4v) is 2.06. The average molecular weight is 503 g/mol. The predicted molar refractivity (Wildman–Crippen MR) is 94.9 cm³/mol. The van der Waals surface area contributed by atoms with Gasteiger partial charge in [-0.15, -0.1) is 0 Å². The molecule has 0 amide bonds. The summed E-state index contributed by atoms with van der Waals surface area (Å²) in [6.07, 6.45) is 7.07. The summed E-state index contributed by atoms with van der Waals surface area (Å²) in [6.45, 7) is 0. The van der Waals surface area contributed by atoms with Crippen LogP contribution in [0.25, 0.3) is 22.8 Å². The number of pyridine rings is 4. The van der Waals surface area contributed by atoms with Crippen LogP contribution in [0.5, 0.6) is 0 Å². The Morgan fingerprint density at radius 2 is 0.600 bits per heavy atom. The van der Waals surface area contributed by atoms with Crippen molar-refractivity contribution in [2.24, 2.45) is 0 Å². The molecule has 0 N–H and O–H groups in total. The summed E-state index contributed by atoms with van der Waals surface area (Å²) < 4.78 is 0. The molecule has 25 heavy (non-hydrogen) atoms. The second-order valence-corrected chi connectivity index (χ2v) is 4.86. The fraction of sp³-hybridized carbons (Fsp3) is 0. The topological polar surface area (TPSA) is 51.6 Å². The van der Waals surface area contributed by atoms with Gasteiger partial charge in [0.05, 0.1) is 22.8 Å². The molecule has 0 aliphatic heterocycles. The minimum absolute atomic E-state index is 0. The molecule has 0 saturated carbocycles. The monoisotopic (exact) mass is 504 g/mol. The molecule has 0 aromatic carbocycles. The van der Waals surface area contributed by atoms with Gasteiger partial charge in [-0.25, -0.2) is 0 Å². The zero-order valence-electron chi connectivity index (χ0n) is 13.4. The van der Waals surface area contributed by atoms with Gasteiger partial charge in [0.2, 0.25) is 0 Å². The molecule has 0 aliphatic rings. The van der Waals surface area contributed by atoms with Gasteiger partial charge in [0.1, 0.15) is 0 Å². The standard InChI is InChI=1S/2C10H8N2.Os/c2*1-3-7-11-9(5-1)10-6-2-4-8-12-10;/h2*1-8H;/q;;+2. The zero-order valence-corrected chi connectivity index (χ0v) is 15.9. The van der Waals surface area contributed by atoms with Crippen LogP contribution in [0.3, 0.4) is 0 Å². The molecule has 0 spiro atoms. The molecule has 122 valence electrons. The van der Waals surface area contributed by atoms with Crippen LogP contribution in [0.15, 0.2) is 97.6 Å². The van der Waals surface area contributed by atoms with Gasteiger partial charge in [-0.05, 0) is 48.5 Å². The van der Waals surface area contributed by atoms with E-state index in [1.807, 2.05) is 72.8 Å². The summed E-state index contributed by atoms with van der Waals surface area (Å²) in [5.74, 6) is 0. The number of hydrogen-bond donors (Lipinski definition) is 0. The van der Waals surface area contributed by atoms with Crippen molar-refractivity contribution in [2.75, 3.05) is 0 Å². The van der Waals surface area contributed by atoms with Crippen molar-refractivity contribution in [1.82, 2.24) is 19.9 Å². The van der Waals surface area contributed by atoms with Crippen molar-refractivity contribution in [3.8, 4) is 22.8 Å². The number of rotatable bonds is 2. The van der Waals surface area contributed by atoms with E-state index in [0.29, 0.717) is 0 Å². The van der Waals surface area contributed by atoms with Gasteiger partial charge in [-0.3, -0.25) is 19.9 Å². The van der Waals surface area contributed by atoms with Crippen LogP contribution in [0.2, 0.25) is 0 Å². The Labute approximate surface area is 160 Å². The molecule has 4 nitrogen and oxygen atoms in total. The van der Waals surface area contributed by atoms with Crippen molar-refractivity contribution in [3.05, 3.63) is 97.6 Å². The summed E-state index contributed by atoms with van der Waals surface area (Å²) in [7, 11) is 0. The molecule has 4 aromatic rings. The van der Waals surface area contributed by atoms with E-state index in [2.05, 4.69) is 19.9 Å². The molecule has 4 aromatic heterocycles. The number of nitrogens with zero attached hydrogens (tertiary/aromatic N) is 4. The second-order valence-electron chi connectivity index (χ2n) is 4.86. The SMILES string of the molecule is [Os+2].c1ccc(-c2ccccn2)nc1.c1ccc(-c2ccccn2)nc1. The minimum Gasteiger partial charge on any atom is -0.255 e. The fourth-order valence-electron chi connectivity index (χ4n) is 2.06. The molecule has 0 unspecified atom stereocenters. The third kappa shape index (κ3) is 5.67. The van der Waals surface area contributed by atoms with Gasteiger partial charge < -0.3 is 0 Å². The first-order valence-electron chi connectivity index (χ1n) is 7.58. The van der Waals surface area contributed by atoms with Crippen LogP contribution < -0.4 is 0 Å². The van der Waals surface area contributed by atoms with Crippen molar-refractivity contribution in [2.45, 2.75) is 0 Å². The second kappa shape index (κ2) is 10.2. The van der Waals surface area contributed by atoms with Gasteiger partial charge in [0.25, 0.3) is 0 Å². The first-order valence-corrected chi connectivity index (χ1v) is 7.58. The summed E-state index contributed by atoms with van der Waals surface area (Å²) in [4.78, 5) is 16.7. The van der Waals surface area contributed by atoms with E-state index in [4.69, 9.17) is 0 Å². The molecule has 0 saturated heterocycles. The normalized spacial score (nSPS) is 9.28. The first kappa shape index (κ1) is 18.6. The Hall–Kier alpha value is -2.76. The van der Waals surface area contributed by atoms with Crippen molar-refractivity contribution in [3.63, 3.8) is 0 Å². The Balaban J connectivity index is 0.000000173. The van der Waals surface area contributed by atoms with Crippen molar-refractivity contribution >= 4 is 0 Å². The van der Waals surface area contributed by atoms with Gasteiger partial charge in [0, 0.05) is 24.8 Å². The molecule has 0 atom stereocenters. The Kier molecular flexibility index (Phi) is 7.56. The van der Waals surface area contributed by atoms with Crippen LogP contribution in [-0.4, -0.2) is 19.9 Å². The van der Waals surface area contributed by atoms with Crippen LogP contribution >= 0.6 is 0 Å². The van der Waals surface area contributed by atoms with Crippen LogP contribution in [-0.2, 0) is 19.8 Å². The van der Waals surface area contributed by atoms with Gasteiger partial charge in [-0.2, -0.15) is 0 Å². The first-order chi connectivity index (χ1) is 11.9. The van der Waals surface area contributed by atoms with Crippen molar-refractivity contribution in [1.29, 1.82) is 0 Å². The largest absolute Gasteiger partial charge is 2.00 e. The molecule has 0 bridgehead atoms. The minimum atomic E-state index is 0. The van der Waals surface area contributed by atoms with Gasteiger partial charge in [0.15, 0.2) is 0 Å². The molecule has 0 radical (unpaired) electrons. The third-order valence-corrected chi connectivity index (χ3v) is 3.18. The predicted octanol–water partition coefficient (Wildman–Crippen LogP) is 4.28. The van der Waals surface area contributed by atoms with Gasteiger partial charge in [-0.1, -0.05) is 24.3 Å². The van der Waals surface area contributed by atoms with Gasteiger partial charge >= 0.3 is 19.8 Å². The van der Waals surface area contributed by atoms with Crippen molar-refractivity contribution < 1.29 is 19.8 Å². The maximum atomic E-state index is 4.19. The van der Waals surface area contributed by atoms with Crippen LogP contribution in [0.4, 0.5) is 0 Å². The summed E-state index contributed by atoms with van der Waals surface area (Å²) in [5, 5.41) is 0. The number of hydrogen-bond acceptors (Lipinski definition) is 4. The summed E-state index contributed by atoms with van der Waals surface area (Å²) in [5.41, 5.74) is 3.66. The maximum absolute atomic E-state index is 4.19. The third-order valence-electron chi connectivity index (χ3n) is 3.18. The van der Waals surface area contributed by atoms with E-state index in [1.165, 1.54) is 0 Å². The average Bonchev–Trinajstić information content (AvgIpc) is 2.71. The molecule has 5 heteroatoms. The van der Waals surface area contributed by atoms with E-state index in [-0.39, 0.29) is 19.8 Å². The Morgan fingerprint density at radius 1 is 0.360 bits per heavy atom. The smallest absolute Gasteiger partial charge is 0.255 e. The van der Waals surface area contributed by atoms with E-state index in [1.54, 1.807) is 24.8 Å². The van der Waals surface area contributed by atoms with E-state index in [9.17, 15) is 0 Å². The Morgan fingerprint density at radius 3 is 0.760 bits per heavy atom. The Bertz CT molecular complexity index is 692. The van der Waals surface area contributed by atoms with Crippen LogP contribution in [0.1, 0.15) is 0 Å². The van der Waals surface area contributed by atoms with Crippen LogP contribution in [0, 0.1) is 0 Å². The molecule has 4 heterocycles. The molecule has 0 fully saturated rings. The number of aromatic nitrogens is 4. The summed E-state index contributed by atoms with van der Waals surface area (Å²) in [6, 6.07) is 23.2. The van der Waals surface area contributed by atoms with E-state index < -0.39 is 0 Å².